The smallest absolute Gasteiger partial charge is 0.229 e. The van der Waals surface area contributed by atoms with Crippen LogP contribution in [0.4, 0.5) is 5.69 Å². The quantitative estimate of drug-likeness (QED) is 0.888. The molecule has 1 aliphatic rings. The van der Waals surface area contributed by atoms with Crippen LogP contribution in [-0.4, -0.2) is 25.5 Å². The zero-order chi connectivity index (χ0) is 13.8. The number of rotatable bonds is 3. The van der Waals surface area contributed by atoms with Crippen LogP contribution in [-0.2, 0) is 9.59 Å². The summed E-state index contributed by atoms with van der Waals surface area (Å²) in [6, 6.07) is 5.05. The van der Waals surface area contributed by atoms with Crippen molar-refractivity contribution >= 4 is 29.1 Å². The largest absolute Gasteiger partial charge is 0.495 e. The average Bonchev–Trinajstić information content (AvgIpc) is 2.41. The summed E-state index contributed by atoms with van der Waals surface area (Å²) in [6.45, 7) is 0.384. The number of nitrogens with one attached hydrogen (secondary N) is 2. The standard InChI is InChI=1S/C13H15ClN2O3/c1-19-11-6-9(3-4-10(11)14)16-13(18)8-2-5-12(17)15-7-8/h3-4,6,8H,2,5,7H2,1H3,(H,15,17)(H,16,18). The number of piperidine rings is 1. The lowest BCUT2D eigenvalue weighted by molar-refractivity contribution is -0.126. The fraction of sp³-hybridized carbons (Fsp3) is 0.385. The number of anilines is 1. The van der Waals surface area contributed by atoms with Crippen LogP contribution in [0, 0.1) is 5.92 Å². The summed E-state index contributed by atoms with van der Waals surface area (Å²) in [6.07, 6.45) is 0.963. The molecule has 1 aliphatic heterocycles. The fourth-order valence-electron chi connectivity index (χ4n) is 1.94. The van der Waals surface area contributed by atoms with E-state index in [4.69, 9.17) is 16.3 Å². The van der Waals surface area contributed by atoms with Crippen LogP contribution < -0.4 is 15.4 Å². The van der Waals surface area contributed by atoms with E-state index < -0.39 is 0 Å². The topological polar surface area (TPSA) is 67.4 Å². The maximum atomic E-state index is 12.0. The Morgan fingerprint density at radius 2 is 2.32 bits per heavy atom. The van der Waals surface area contributed by atoms with Gasteiger partial charge in [0.15, 0.2) is 0 Å². The molecule has 0 aromatic heterocycles. The molecule has 0 aliphatic carbocycles. The Morgan fingerprint density at radius 1 is 1.53 bits per heavy atom. The number of amides is 2. The Morgan fingerprint density at radius 3 is 2.95 bits per heavy atom. The Labute approximate surface area is 116 Å². The van der Waals surface area contributed by atoms with Gasteiger partial charge in [-0.25, -0.2) is 0 Å². The SMILES string of the molecule is COc1cc(NC(=O)C2CCC(=O)NC2)ccc1Cl. The molecule has 19 heavy (non-hydrogen) atoms. The van der Waals surface area contributed by atoms with Crippen LogP contribution in [0.3, 0.4) is 0 Å². The second kappa shape index (κ2) is 5.93. The van der Waals surface area contributed by atoms with Gasteiger partial charge in [0, 0.05) is 24.7 Å². The van der Waals surface area contributed by atoms with Crippen molar-refractivity contribution in [3.8, 4) is 5.75 Å². The molecule has 1 atom stereocenters. The molecule has 2 rings (SSSR count). The average molecular weight is 283 g/mol. The van der Waals surface area contributed by atoms with Gasteiger partial charge in [0.05, 0.1) is 18.1 Å². The molecule has 2 N–H and O–H groups in total. The van der Waals surface area contributed by atoms with Crippen LogP contribution in [0.15, 0.2) is 18.2 Å². The number of ether oxygens (including phenoxy) is 1. The number of hydrogen-bond donors (Lipinski definition) is 2. The highest BCUT2D eigenvalue weighted by atomic mass is 35.5. The molecule has 1 unspecified atom stereocenters. The molecule has 0 radical (unpaired) electrons. The molecule has 1 saturated heterocycles. The van der Waals surface area contributed by atoms with Crippen molar-refractivity contribution in [2.75, 3.05) is 19.0 Å². The van der Waals surface area contributed by atoms with E-state index in [1.54, 1.807) is 18.2 Å². The van der Waals surface area contributed by atoms with Crippen molar-refractivity contribution in [3.05, 3.63) is 23.2 Å². The lowest BCUT2D eigenvalue weighted by Gasteiger charge is -2.21. The molecule has 1 fully saturated rings. The van der Waals surface area contributed by atoms with Crippen molar-refractivity contribution in [2.45, 2.75) is 12.8 Å². The number of carbonyl (C=O) groups excluding carboxylic acids is 2. The summed E-state index contributed by atoms with van der Waals surface area (Å²) in [5.74, 6) is 0.206. The van der Waals surface area contributed by atoms with Gasteiger partial charge in [-0.3, -0.25) is 9.59 Å². The monoisotopic (exact) mass is 282 g/mol. The van der Waals surface area contributed by atoms with E-state index in [0.29, 0.717) is 35.8 Å². The van der Waals surface area contributed by atoms with E-state index in [0.717, 1.165) is 0 Å². The summed E-state index contributed by atoms with van der Waals surface area (Å²) in [5, 5.41) is 5.98. The van der Waals surface area contributed by atoms with Gasteiger partial charge in [0.25, 0.3) is 0 Å². The second-order valence-electron chi connectivity index (χ2n) is 4.38. The van der Waals surface area contributed by atoms with E-state index in [2.05, 4.69) is 10.6 Å². The van der Waals surface area contributed by atoms with Crippen molar-refractivity contribution in [3.63, 3.8) is 0 Å². The molecule has 5 nitrogen and oxygen atoms in total. The first kappa shape index (κ1) is 13.7. The molecule has 6 heteroatoms. The number of benzene rings is 1. The predicted molar refractivity (Wildman–Crippen MR) is 72.4 cm³/mol. The summed E-state index contributed by atoms with van der Waals surface area (Å²) < 4.78 is 5.09. The third kappa shape index (κ3) is 3.38. The second-order valence-corrected chi connectivity index (χ2v) is 4.79. The lowest BCUT2D eigenvalue weighted by atomic mass is 9.98. The molecule has 1 aromatic rings. The van der Waals surface area contributed by atoms with Crippen LogP contribution in [0.2, 0.25) is 5.02 Å². The molecule has 0 spiro atoms. The maximum absolute atomic E-state index is 12.0. The Bertz CT molecular complexity index is 495. The summed E-state index contributed by atoms with van der Waals surface area (Å²) in [7, 11) is 1.52. The zero-order valence-electron chi connectivity index (χ0n) is 10.5. The maximum Gasteiger partial charge on any atom is 0.229 e. The molecule has 1 aromatic carbocycles. The van der Waals surface area contributed by atoms with Gasteiger partial charge in [-0.05, 0) is 18.6 Å². The van der Waals surface area contributed by atoms with E-state index in [1.165, 1.54) is 7.11 Å². The van der Waals surface area contributed by atoms with Crippen LogP contribution in [0.25, 0.3) is 0 Å². The highest BCUT2D eigenvalue weighted by Crippen LogP contribution is 2.27. The highest BCUT2D eigenvalue weighted by Gasteiger charge is 2.24. The predicted octanol–water partition coefficient (Wildman–Crippen LogP) is 1.81. The normalized spacial score (nSPS) is 18.6. The van der Waals surface area contributed by atoms with E-state index in [9.17, 15) is 9.59 Å². The molecule has 2 amide bonds. The van der Waals surface area contributed by atoms with Gasteiger partial charge in [0.2, 0.25) is 11.8 Å². The Kier molecular flexibility index (Phi) is 4.27. The first-order valence-electron chi connectivity index (χ1n) is 6.01. The molecular weight excluding hydrogens is 268 g/mol. The molecular formula is C13H15ClN2O3. The van der Waals surface area contributed by atoms with Gasteiger partial charge in [-0.2, -0.15) is 0 Å². The van der Waals surface area contributed by atoms with Gasteiger partial charge >= 0.3 is 0 Å². The molecule has 102 valence electrons. The number of hydrogen-bond acceptors (Lipinski definition) is 3. The van der Waals surface area contributed by atoms with Crippen molar-refractivity contribution in [1.82, 2.24) is 5.32 Å². The van der Waals surface area contributed by atoms with E-state index in [-0.39, 0.29) is 17.7 Å². The fourth-order valence-corrected chi connectivity index (χ4v) is 2.13. The van der Waals surface area contributed by atoms with E-state index in [1.807, 2.05) is 0 Å². The summed E-state index contributed by atoms with van der Waals surface area (Å²) in [4.78, 5) is 23.1. The van der Waals surface area contributed by atoms with Crippen molar-refractivity contribution in [1.29, 1.82) is 0 Å². The summed E-state index contributed by atoms with van der Waals surface area (Å²) >= 11 is 5.91. The Hall–Kier alpha value is -1.75. The van der Waals surface area contributed by atoms with Crippen LogP contribution >= 0.6 is 11.6 Å². The first-order valence-corrected chi connectivity index (χ1v) is 6.39. The van der Waals surface area contributed by atoms with Gasteiger partial charge in [-0.15, -0.1) is 0 Å². The number of carbonyl (C=O) groups is 2. The third-order valence-corrected chi connectivity index (χ3v) is 3.37. The minimum absolute atomic E-state index is 0.00258. The van der Waals surface area contributed by atoms with Crippen molar-refractivity contribution in [2.24, 2.45) is 5.92 Å². The molecule has 0 bridgehead atoms. The zero-order valence-corrected chi connectivity index (χ0v) is 11.3. The lowest BCUT2D eigenvalue weighted by Crippen LogP contribution is -2.40. The van der Waals surface area contributed by atoms with Gasteiger partial charge < -0.3 is 15.4 Å². The van der Waals surface area contributed by atoms with E-state index >= 15 is 0 Å². The third-order valence-electron chi connectivity index (χ3n) is 3.05. The highest BCUT2D eigenvalue weighted by molar-refractivity contribution is 6.32. The number of halogens is 1. The number of methoxy groups -OCH3 is 1. The van der Waals surface area contributed by atoms with Gasteiger partial charge in [-0.1, -0.05) is 11.6 Å². The molecule has 1 heterocycles. The first-order chi connectivity index (χ1) is 9.10. The minimum atomic E-state index is -0.195. The summed E-state index contributed by atoms with van der Waals surface area (Å²) in [5.41, 5.74) is 0.628. The van der Waals surface area contributed by atoms with Crippen molar-refractivity contribution < 1.29 is 14.3 Å². The molecule has 0 saturated carbocycles. The minimum Gasteiger partial charge on any atom is -0.495 e. The Balaban J connectivity index is 2.00. The van der Waals surface area contributed by atoms with Gasteiger partial charge in [0.1, 0.15) is 5.75 Å². The van der Waals surface area contributed by atoms with Crippen LogP contribution in [0.5, 0.6) is 5.75 Å². The van der Waals surface area contributed by atoms with Crippen LogP contribution in [0.1, 0.15) is 12.8 Å².